The summed E-state index contributed by atoms with van der Waals surface area (Å²) in [6.45, 7) is 2.55. The molecule has 0 bridgehead atoms. The molecular formula is C25H21N3O3. The molecule has 4 rings (SSSR count). The minimum Gasteiger partial charge on any atom is -0.468 e. The van der Waals surface area contributed by atoms with Crippen LogP contribution in [0.5, 0.6) is 6.01 Å². The maximum Gasteiger partial charge on any atom is 0.340 e. The average molecular weight is 411 g/mol. The van der Waals surface area contributed by atoms with Crippen LogP contribution in [-0.2, 0) is 11.3 Å². The summed E-state index contributed by atoms with van der Waals surface area (Å²) >= 11 is 0. The molecule has 0 fully saturated rings. The molecule has 0 N–H and O–H groups in total. The summed E-state index contributed by atoms with van der Waals surface area (Å²) in [7, 11) is 1.56. The van der Waals surface area contributed by atoms with Crippen molar-refractivity contribution in [2.75, 3.05) is 13.7 Å². The Kier molecular flexibility index (Phi) is 5.67. The van der Waals surface area contributed by atoms with Crippen molar-refractivity contribution in [3.63, 3.8) is 0 Å². The van der Waals surface area contributed by atoms with E-state index in [4.69, 9.17) is 9.47 Å². The largest absolute Gasteiger partial charge is 0.468 e. The molecule has 0 aliphatic carbocycles. The molecule has 0 unspecified atom stereocenters. The summed E-state index contributed by atoms with van der Waals surface area (Å²) in [4.78, 5) is 17.0. The lowest BCUT2D eigenvalue weighted by Gasteiger charge is -2.11. The quantitative estimate of drug-likeness (QED) is 0.426. The van der Waals surface area contributed by atoms with Gasteiger partial charge in [-0.2, -0.15) is 10.2 Å². The predicted octanol–water partition coefficient (Wildman–Crippen LogP) is 4.81. The van der Waals surface area contributed by atoms with Gasteiger partial charge in [0.25, 0.3) is 6.01 Å². The highest BCUT2D eigenvalue weighted by Crippen LogP contribution is 2.28. The Bertz CT molecular complexity index is 1280. The zero-order valence-electron chi connectivity index (χ0n) is 17.3. The monoisotopic (exact) mass is 411 g/mol. The van der Waals surface area contributed by atoms with E-state index in [1.54, 1.807) is 26.2 Å². The molecule has 0 spiro atoms. The van der Waals surface area contributed by atoms with Crippen molar-refractivity contribution in [2.24, 2.45) is 0 Å². The van der Waals surface area contributed by atoms with Crippen LogP contribution >= 0.6 is 0 Å². The number of para-hydroxylation sites is 1. The van der Waals surface area contributed by atoms with E-state index in [1.165, 1.54) is 0 Å². The van der Waals surface area contributed by atoms with Crippen molar-refractivity contribution in [1.29, 1.82) is 5.26 Å². The molecule has 1 heterocycles. The lowest BCUT2D eigenvalue weighted by Crippen LogP contribution is -2.09. The summed E-state index contributed by atoms with van der Waals surface area (Å²) in [5.74, 6) is -0.389. The van der Waals surface area contributed by atoms with Crippen LogP contribution < -0.4 is 4.74 Å². The standard InChI is InChI=1S/C25H21N3O3/c1-3-31-24(29)21-9-6-10-22-23(21)28(25(27-22)30-2)16-17-11-13-18(14-12-17)20-8-5-4-7-19(20)15-26/h4-14H,3,16H2,1-2H3. The number of aromatic nitrogens is 2. The van der Waals surface area contributed by atoms with Crippen LogP contribution in [0.3, 0.4) is 0 Å². The number of carbonyl (C=O) groups excluding carboxylic acids is 1. The predicted molar refractivity (Wildman–Crippen MR) is 118 cm³/mol. The van der Waals surface area contributed by atoms with Gasteiger partial charge in [-0.25, -0.2) is 4.79 Å². The van der Waals surface area contributed by atoms with Gasteiger partial charge in [0.15, 0.2) is 0 Å². The molecule has 6 nitrogen and oxygen atoms in total. The molecule has 4 aromatic rings. The van der Waals surface area contributed by atoms with Crippen LogP contribution in [0.15, 0.2) is 66.7 Å². The summed E-state index contributed by atoms with van der Waals surface area (Å²) in [5.41, 5.74) is 5.31. The van der Waals surface area contributed by atoms with E-state index < -0.39 is 0 Å². The Morgan fingerprint density at radius 1 is 1.06 bits per heavy atom. The number of benzene rings is 3. The van der Waals surface area contributed by atoms with Gasteiger partial charge >= 0.3 is 5.97 Å². The number of esters is 1. The first-order chi connectivity index (χ1) is 15.2. The summed E-state index contributed by atoms with van der Waals surface area (Å²) in [6, 6.07) is 23.5. The number of nitrogens with zero attached hydrogens (tertiary/aromatic N) is 3. The van der Waals surface area contributed by atoms with Gasteiger partial charge in [0, 0.05) is 0 Å². The van der Waals surface area contributed by atoms with Gasteiger partial charge < -0.3 is 9.47 Å². The number of nitriles is 1. The summed E-state index contributed by atoms with van der Waals surface area (Å²) in [6.07, 6.45) is 0. The number of hydrogen-bond donors (Lipinski definition) is 0. The van der Waals surface area contributed by atoms with Gasteiger partial charge in [0.1, 0.15) is 0 Å². The number of methoxy groups -OCH3 is 1. The third kappa shape index (κ3) is 3.86. The number of fused-ring (bicyclic) bond motifs is 1. The number of carbonyl (C=O) groups is 1. The second kappa shape index (κ2) is 8.72. The fraction of sp³-hybridized carbons (Fsp3) is 0.160. The van der Waals surface area contributed by atoms with Crippen LogP contribution in [0.4, 0.5) is 0 Å². The van der Waals surface area contributed by atoms with Crippen molar-refractivity contribution < 1.29 is 14.3 Å². The van der Waals surface area contributed by atoms with E-state index in [0.717, 1.165) is 16.7 Å². The molecule has 31 heavy (non-hydrogen) atoms. The zero-order chi connectivity index (χ0) is 21.8. The van der Waals surface area contributed by atoms with Gasteiger partial charge in [0.05, 0.1) is 48.5 Å². The van der Waals surface area contributed by atoms with Crippen molar-refractivity contribution in [1.82, 2.24) is 9.55 Å². The lowest BCUT2D eigenvalue weighted by atomic mass is 9.99. The van der Waals surface area contributed by atoms with Gasteiger partial charge in [0.2, 0.25) is 0 Å². The SMILES string of the molecule is CCOC(=O)c1cccc2nc(OC)n(Cc3ccc(-c4ccccc4C#N)cc3)c12. The Morgan fingerprint density at radius 3 is 2.55 bits per heavy atom. The molecular weight excluding hydrogens is 390 g/mol. The van der Waals surface area contributed by atoms with Crippen molar-refractivity contribution in [3.05, 3.63) is 83.4 Å². The van der Waals surface area contributed by atoms with E-state index in [2.05, 4.69) is 11.1 Å². The van der Waals surface area contributed by atoms with Crippen molar-refractivity contribution >= 4 is 17.0 Å². The molecule has 0 aliphatic heterocycles. The van der Waals surface area contributed by atoms with Gasteiger partial charge in [-0.3, -0.25) is 4.57 Å². The first-order valence-corrected chi connectivity index (χ1v) is 9.95. The van der Waals surface area contributed by atoms with E-state index in [1.807, 2.05) is 59.2 Å². The van der Waals surface area contributed by atoms with Gasteiger partial charge in [-0.1, -0.05) is 48.5 Å². The molecule has 0 atom stereocenters. The van der Waals surface area contributed by atoms with Crippen LogP contribution in [0.2, 0.25) is 0 Å². The lowest BCUT2D eigenvalue weighted by molar-refractivity contribution is 0.0528. The molecule has 0 radical (unpaired) electrons. The molecule has 154 valence electrons. The second-order valence-electron chi connectivity index (χ2n) is 6.93. The van der Waals surface area contributed by atoms with Crippen LogP contribution in [0, 0.1) is 11.3 Å². The fourth-order valence-corrected chi connectivity index (χ4v) is 3.64. The number of ether oxygens (including phenoxy) is 2. The van der Waals surface area contributed by atoms with E-state index in [-0.39, 0.29) is 5.97 Å². The maximum atomic E-state index is 12.5. The van der Waals surface area contributed by atoms with Crippen molar-refractivity contribution in [3.8, 4) is 23.2 Å². The third-order valence-corrected chi connectivity index (χ3v) is 5.06. The molecule has 6 heteroatoms. The van der Waals surface area contributed by atoms with Crippen molar-refractivity contribution in [2.45, 2.75) is 13.5 Å². The number of hydrogen-bond acceptors (Lipinski definition) is 5. The molecule has 3 aromatic carbocycles. The van der Waals surface area contributed by atoms with Crippen LogP contribution in [0.1, 0.15) is 28.4 Å². The maximum absolute atomic E-state index is 12.5. The molecule has 1 aromatic heterocycles. The summed E-state index contributed by atoms with van der Waals surface area (Å²) in [5, 5.41) is 9.36. The Hall–Kier alpha value is -4.11. The number of imidazole rings is 1. The normalized spacial score (nSPS) is 10.6. The first-order valence-electron chi connectivity index (χ1n) is 9.95. The van der Waals surface area contributed by atoms with Crippen LogP contribution in [-0.4, -0.2) is 29.2 Å². The highest BCUT2D eigenvalue weighted by molar-refractivity contribution is 6.02. The van der Waals surface area contributed by atoms with E-state index in [0.29, 0.717) is 41.3 Å². The van der Waals surface area contributed by atoms with Crippen LogP contribution in [0.25, 0.3) is 22.2 Å². The molecule has 0 aliphatic rings. The average Bonchev–Trinajstić information content (AvgIpc) is 3.17. The Labute approximate surface area is 180 Å². The third-order valence-electron chi connectivity index (χ3n) is 5.06. The second-order valence-corrected chi connectivity index (χ2v) is 6.93. The topological polar surface area (TPSA) is 77.1 Å². The molecule has 0 saturated heterocycles. The molecule has 0 saturated carbocycles. The fourth-order valence-electron chi connectivity index (χ4n) is 3.64. The minimum absolute atomic E-state index is 0.298. The summed E-state index contributed by atoms with van der Waals surface area (Å²) < 4.78 is 12.6. The van der Waals surface area contributed by atoms with E-state index in [9.17, 15) is 10.1 Å². The highest BCUT2D eigenvalue weighted by atomic mass is 16.5. The van der Waals surface area contributed by atoms with E-state index >= 15 is 0 Å². The number of rotatable bonds is 6. The molecule has 0 amide bonds. The Morgan fingerprint density at radius 2 is 1.84 bits per heavy atom. The highest BCUT2D eigenvalue weighted by Gasteiger charge is 2.19. The van der Waals surface area contributed by atoms with Gasteiger partial charge in [-0.15, -0.1) is 0 Å². The zero-order valence-corrected chi connectivity index (χ0v) is 17.3. The van der Waals surface area contributed by atoms with Gasteiger partial charge in [-0.05, 0) is 41.8 Å². The smallest absolute Gasteiger partial charge is 0.340 e. The first kappa shape index (κ1) is 20.2. The minimum atomic E-state index is -0.389. The Balaban J connectivity index is 1.73.